The van der Waals surface area contributed by atoms with Crippen molar-refractivity contribution in [1.82, 2.24) is 0 Å². The summed E-state index contributed by atoms with van der Waals surface area (Å²) in [6.07, 6.45) is 16.8. The zero-order valence-corrected chi connectivity index (χ0v) is 13.7. The molecule has 0 aliphatic carbocycles. The molecule has 0 aromatic rings. The molecule has 2 N–H and O–H groups in total. The second-order valence-electron chi connectivity index (χ2n) is 5.38. The number of carboxylic acids is 2. The predicted molar refractivity (Wildman–Crippen MR) is 88.2 cm³/mol. The van der Waals surface area contributed by atoms with Crippen molar-refractivity contribution in [2.75, 3.05) is 0 Å². The molecule has 0 aromatic carbocycles. The van der Waals surface area contributed by atoms with Gasteiger partial charge in [0.25, 0.3) is 0 Å². The maximum absolute atomic E-state index is 10.3. The van der Waals surface area contributed by atoms with E-state index < -0.39 is 11.9 Å². The van der Waals surface area contributed by atoms with Gasteiger partial charge in [-0.15, -0.1) is 24.7 Å². The molecule has 0 aromatic heterocycles. The van der Waals surface area contributed by atoms with Gasteiger partial charge in [0.05, 0.1) is 11.8 Å². The summed E-state index contributed by atoms with van der Waals surface area (Å²) in [5.74, 6) is 3.15. The Labute approximate surface area is 134 Å². The van der Waals surface area contributed by atoms with Crippen molar-refractivity contribution in [1.29, 1.82) is 0 Å². The molecule has 0 aliphatic heterocycles. The SMILES string of the molecule is C#CCCCCC(C)C(=O)O.C#CCCCCC(C)C(=O)O. The maximum Gasteiger partial charge on any atom is 0.306 e. The highest BCUT2D eigenvalue weighted by molar-refractivity contribution is 5.69. The van der Waals surface area contributed by atoms with Gasteiger partial charge in [-0.3, -0.25) is 9.59 Å². The maximum atomic E-state index is 10.3. The summed E-state index contributed by atoms with van der Waals surface area (Å²) in [7, 11) is 0. The van der Waals surface area contributed by atoms with Crippen molar-refractivity contribution in [2.45, 2.75) is 65.2 Å². The Morgan fingerprint density at radius 2 is 1.14 bits per heavy atom. The molecule has 4 heteroatoms. The van der Waals surface area contributed by atoms with Gasteiger partial charge < -0.3 is 10.2 Å². The zero-order chi connectivity index (χ0) is 17.4. The Hall–Kier alpha value is -1.94. The molecule has 0 amide bonds. The van der Waals surface area contributed by atoms with E-state index in [-0.39, 0.29) is 11.8 Å². The second-order valence-corrected chi connectivity index (χ2v) is 5.38. The van der Waals surface area contributed by atoms with Crippen LogP contribution in [-0.2, 0) is 9.59 Å². The summed E-state index contributed by atoms with van der Waals surface area (Å²) in [5, 5.41) is 17.0. The molecule has 0 saturated heterocycles. The highest BCUT2D eigenvalue weighted by Gasteiger charge is 2.09. The van der Waals surface area contributed by atoms with E-state index >= 15 is 0 Å². The summed E-state index contributed by atoms with van der Waals surface area (Å²) < 4.78 is 0. The molecular weight excluding hydrogens is 280 g/mol. The van der Waals surface area contributed by atoms with Crippen LogP contribution in [0.3, 0.4) is 0 Å². The van der Waals surface area contributed by atoms with Crippen LogP contribution in [0.15, 0.2) is 0 Å². The molecule has 2 unspecified atom stereocenters. The van der Waals surface area contributed by atoms with Crippen LogP contribution >= 0.6 is 0 Å². The minimum Gasteiger partial charge on any atom is -0.481 e. The van der Waals surface area contributed by atoms with E-state index in [1.165, 1.54) is 0 Å². The second kappa shape index (κ2) is 15.4. The number of terminal acetylenes is 2. The predicted octanol–water partition coefficient (Wildman–Crippen LogP) is 3.80. The summed E-state index contributed by atoms with van der Waals surface area (Å²) in [6, 6.07) is 0. The highest BCUT2D eigenvalue weighted by Crippen LogP contribution is 2.09. The van der Waals surface area contributed by atoms with Gasteiger partial charge in [-0.25, -0.2) is 0 Å². The number of carbonyl (C=O) groups is 2. The lowest BCUT2D eigenvalue weighted by atomic mass is 10.0. The Morgan fingerprint density at radius 1 is 0.818 bits per heavy atom. The van der Waals surface area contributed by atoms with E-state index in [0.717, 1.165) is 51.4 Å². The van der Waals surface area contributed by atoms with Gasteiger partial charge in [-0.2, -0.15) is 0 Å². The Balaban J connectivity index is 0. The van der Waals surface area contributed by atoms with Crippen molar-refractivity contribution in [2.24, 2.45) is 11.8 Å². The summed E-state index contributed by atoms with van der Waals surface area (Å²) >= 11 is 0. The first-order valence-electron chi connectivity index (χ1n) is 7.69. The van der Waals surface area contributed by atoms with Crippen LogP contribution in [0.25, 0.3) is 0 Å². The average Bonchev–Trinajstić information content (AvgIpc) is 2.48. The van der Waals surface area contributed by atoms with E-state index in [1.807, 2.05) is 0 Å². The van der Waals surface area contributed by atoms with Crippen molar-refractivity contribution in [3.63, 3.8) is 0 Å². The Bertz CT molecular complexity index is 349. The fourth-order valence-electron chi connectivity index (χ4n) is 1.60. The van der Waals surface area contributed by atoms with Crippen molar-refractivity contribution < 1.29 is 19.8 Å². The fourth-order valence-corrected chi connectivity index (χ4v) is 1.60. The lowest BCUT2D eigenvalue weighted by molar-refractivity contribution is -0.142. The summed E-state index contributed by atoms with van der Waals surface area (Å²) in [6.45, 7) is 3.44. The first kappa shape index (κ1) is 22.3. The normalized spacial score (nSPS) is 12.0. The molecule has 0 heterocycles. The number of hydrogen-bond donors (Lipinski definition) is 2. The first-order chi connectivity index (χ1) is 10.4. The topological polar surface area (TPSA) is 74.6 Å². The molecular formula is C18H28O4. The van der Waals surface area contributed by atoms with Crippen LogP contribution < -0.4 is 0 Å². The van der Waals surface area contributed by atoms with Crippen LogP contribution in [0.2, 0.25) is 0 Å². The number of rotatable bonds is 10. The van der Waals surface area contributed by atoms with Crippen LogP contribution in [0, 0.1) is 36.5 Å². The lowest BCUT2D eigenvalue weighted by Crippen LogP contribution is -2.08. The number of unbranched alkanes of at least 4 members (excludes halogenated alkanes) is 4. The van der Waals surface area contributed by atoms with Gasteiger partial charge in [0.1, 0.15) is 0 Å². The average molecular weight is 308 g/mol. The van der Waals surface area contributed by atoms with Gasteiger partial charge in [-0.05, 0) is 25.7 Å². The van der Waals surface area contributed by atoms with E-state index in [2.05, 4.69) is 11.8 Å². The summed E-state index contributed by atoms with van der Waals surface area (Å²) in [4.78, 5) is 20.6. The van der Waals surface area contributed by atoms with Crippen LogP contribution in [0.1, 0.15) is 65.2 Å². The molecule has 0 spiro atoms. The quantitative estimate of drug-likeness (QED) is 0.475. The molecule has 0 aliphatic rings. The van der Waals surface area contributed by atoms with E-state index in [1.54, 1.807) is 13.8 Å². The smallest absolute Gasteiger partial charge is 0.306 e. The Kier molecular flexibility index (Phi) is 15.7. The van der Waals surface area contributed by atoms with Crippen molar-refractivity contribution in [3.05, 3.63) is 0 Å². The third-order valence-electron chi connectivity index (χ3n) is 3.26. The molecule has 0 bridgehead atoms. The molecule has 0 radical (unpaired) electrons. The van der Waals surface area contributed by atoms with Gasteiger partial charge in [0.15, 0.2) is 0 Å². The number of aliphatic carboxylic acids is 2. The van der Waals surface area contributed by atoms with Crippen molar-refractivity contribution >= 4 is 11.9 Å². The molecule has 2 atom stereocenters. The molecule has 4 nitrogen and oxygen atoms in total. The third kappa shape index (κ3) is 16.1. The highest BCUT2D eigenvalue weighted by atomic mass is 16.4. The zero-order valence-electron chi connectivity index (χ0n) is 13.7. The van der Waals surface area contributed by atoms with E-state index in [0.29, 0.717) is 0 Å². The van der Waals surface area contributed by atoms with Gasteiger partial charge in [0, 0.05) is 12.8 Å². The molecule has 0 rings (SSSR count). The number of hydrogen-bond acceptors (Lipinski definition) is 2. The Morgan fingerprint density at radius 3 is 1.36 bits per heavy atom. The monoisotopic (exact) mass is 308 g/mol. The largest absolute Gasteiger partial charge is 0.481 e. The third-order valence-corrected chi connectivity index (χ3v) is 3.26. The molecule has 0 saturated carbocycles. The molecule has 22 heavy (non-hydrogen) atoms. The standard InChI is InChI=1S/2C9H14O2/c2*1-3-4-5-6-7-8(2)9(10)11/h2*1,8H,4-7H2,2H3,(H,10,11). The number of carboxylic acid groups (broad SMARTS) is 2. The molecule has 124 valence electrons. The van der Waals surface area contributed by atoms with Gasteiger partial charge in [-0.1, -0.05) is 26.7 Å². The van der Waals surface area contributed by atoms with Gasteiger partial charge in [0.2, 0.25) is 0 Å². The van der Waals surface area contributed by atoms with Crippen molar-refractivity contribution in [3.8, 4) is 24.7 Å². The van der Waals surface area contributed by atoms with E-state index in [4.69, 9.17) is 23.1 Å². The van der Waals surface area contributed by atoms with Crippen LogP contribution in [0.5, 0.6) is 0 Å². The van der Waals surface area contributed by atoms with Crippen LogP contribution in [-0.4, -0.2) is 22.2 Å². The van der Waals surface area contributed by atoms with E-state index in [9.17, 15) is 9.59 Å². The first-order valence-corrected chi connectivity index (χ1v) is 7.69. The minimum absolute atomic E-state index is 0.229. The lowest BCUT2D eigenvalue weighted by Gasteiger charge is -2.03. The molecule has 0 fully saturated rings. The van der Waals surface area contributed by atoms with Gasteiger partial charge >= 0.3 is 11.9 Å². The summed E-state index contributed by atoms with van der Waals surface area (Å²) in [5.41, 5.74) is 0. The minimum atomic E-state index is -0.717. The van der Waals surface area contributed by atoms with Crippen LogP contribution in [0.4, 0.5) is 0 Å². The fraction of sp³-hybridized carbons (Fsp3) is 0.667.